The molecule has 2 aromatic rings. The molecule has 3 N–H and O–H groups in total. The molecule has 0 aliphatic heterocycles. The Balaban J connectivity index is 0.00000338. The molecule has 8 heteroatoms. The molecule has 0 fully saturated rings. The van der Waals surface area contributed by atoms with Crippen LogP contribution in [0.2, 0.25) is 0 Å². The van der Waals surface area contributed by atoms with Gasteiger partial charge in [-0.3, -0.25) is 9.79 Å². The first-order chi connectivity index (χ1) is 12.1. The molecule has 140 valence electrons. The van der Waals surface area contributed by atoms with Crippen LogP contribution in [-0.4, -0.2) is 32.0 Å². The number of rotatable bonds is 6. The summed E-state index contributed by atoms with van der Waals surface area (Å²) in [7, 11) is 1.59. The lowest BCUT2D eigenvalue weighted by Crippen LogP contribution is -2.42. The Morgan fingerprint density at radius 2 is 1.77 bits per heavy atom. The molecule has 5 nitrogen and oxygen atoms in total. The van der Waals surface area contributed by atoms with Crippen molar-refractivity contribution in [2.75, 3.05) is 25.5 Å². The second kappa shape index (κ2) is 11.4. The molecule has 0 unspecified atom stereocenters. The summed E-state index contributed by atoms with van der Waals surface area (Å²) in [5.41, 5.74) is 1.39. The van der Waals surface area contributed by atoms with E-state index in [9.17, 15) is 13.6 Å². The van der Waals surface area contributed by atoms with E-state index in [1.54, 1.807) is 13.1 Å². The van der Waals surface area contributed by atoms with Crippen LogP contribution in [0.25, 0.3) is 0 Å². The number of aliphatic imine (C=N–C) groups is 1. The van der Waals surface area contributed by atoms with Crippen molar-refractivity contribution in [3.63, 3.8) is 0 Å². The van der Waals surface area contributed by atoms with Crippen molar-refractivity contribution in [1.29, 1.82) is 0 Å². The Kier molecular flexibility index (Phi) is 9.56. The average Bonchev–Trinajstić information content (AvgIpc) is 2.60. The molecule has 0 spiro atoms. The lowest BCUT2D eigenvalue weighted by atomic mass is 10.1. The van der Waals surface area contributed by atoms with Crippen LogP contribution in [0.4, 0.5) is 14.5 Å². The fourth-order valence-corrected chi connectivity index (χ4v) is 2.14. The standard InChI is InChI=1S/C18H20F2N4O.HI/c1-21-18(22-10-9-13-3-2-4-15(20)11-13)23-12-17(25)24-16-7-5-14(19)6-8-16;/h2-8,11H,9-10,12H2,1H3,(H,24,25)(H2,21,22,23);1H. The van der Waals surface area contributed by atoms with Gasteiger partial charge in [0.2, 0.25) is 5.91 Å². The third-order valence-corrected chi connectivity index (χ3v) is 3.36. The fourth-order valence-electron chi connectivity index (χ4n) is 2.14. The Morgan fingerprint density at radius 3 is 2.42 bits per heavy atom. The van der Waals surface area contributed by atoms with E-state index in [-0.39, 0.29) is 48.1 Å². The minimum Gasteiger partial charge on any atom is -0.356 e. The van der Waals surface area contributed by atoms with Gasteiger partial charge in [0, 0.05) is 19.3 Å². The second-order valence-corrected chi connectivity index (χ2v) is 5.29. The molecule has 0 atom stereocenters. The van der Waals surface area contributed by atoms with E-state index >= 15 is 0 Å². The van der Waals surface area contributed by atoms with Gasteiger partial charge in [-0.2, -0.15) is 0 Å². The summed E-state index contributed by atoms with van der Waals surface area (Å²) in [6, 6.07) is 11.9. The van der Waals surface area contributed by atoms with Crippen molar-refractivity contribution in [3.8, 4) is 0 Å². The first kappa shape index (κ1) is 21.8. The Bertz CT molecular complexity index is 738. The van der Waals surface area contributed by atoms with Gasteiger partial charge < -0.3 is 16.0 Å². The largest absolute Gasteiger partial charge is 0.356 e. The Morgan fingerprint density at radius 1 is 1.04 bits per heavy atom. The lowest BCUT2D eigenvalue weighted by Gasteiger charge is -2.12. The first-order valence-corrected chi connectivity index (χ1v) is 7.81. The van der Waals surface area contributed by atoms with E-state index in [2.05, 4.69) is 20.9 Å². The molecule has 26 heavy (non-hydrogen) atoms. The number of nitrogens with zero attached hydrogens (tertiary/aromatic N) is 1. The quantitative estimate of drug-likeness (QED) is 0.343. The molecular formula is C18H21F2IN4O. The van der Waals surface area contributed by atoms with Crippen molar-refractivity contribution in [3.05, 3.63) is 65.7 Å². The van der Waals surface area contributed by atoms with Gasteiger partial charge >= 0.3 is 0 Å². The van der Waals surface area contributed by atoms with Crippen LogP contribution < -0.4 is 16.0 Å². The number of amides is 1. The zero-order valence-electron chi connectivity index (χ0n) is 14.3. The molecule has 0 bridgehead atoms. The monoisotopic (exact) mass is 474 g/mol. The van der Waals surface area contributed by atoms with Gasteiger partial charge in [-0.05, 0) is 48.4 Å². The maximum Gasteiger partial charge on any atom is 0.243 e. The fraction of sp³-hybridized carbons (Fsp3) is 0.222. The number of benzene rings is 2. The van der Waals surface area contributed by atoms with Crippen LogP contribution >= 0.6 is 24.0 Å². The topological polar surface area (TPSA) is 65.5 Å². The zero-order chi connectivity index (χ0) is 18.1. The normalized spacial score (nSPS) is 10.7. The van der Waals surface area contributed by atoms with Gasteiger partial charge in [0.1, 0.15) is 11.6 Å². The van der Waals surface area contributed by atoms with Gasteiger partial charge in [-0.15, -0.1) is 24.0 Å². The number of halogens is 3. The molecule has 0 aromatic heterocycles. The van der Waals surface area contributed by atoms with Crippen LogP contribution in [-0.2, 0) is 11.2 Å². The summed E-state index contributed by atoms with van der Waals surface area (Å²) < 4.78 is 25.9. The van der Waals surface area contributed by atoms with Gasteiger partial charge in [-0.1, -0.05) is 12.1 Å². The van der Waals surface area contributed by atoms with E-state index in [4.69, 9.17) is 0 Å². The lowest BCUT2D eigenvalue weighted by molar-refractivity contribution is -0.115. The molecule has 0 aliphatic rings. The van der Waals surface area contributed by atoms with Crippen LogP contribution in [0, 0.1) is 11.6 Å². The Labute approximate surface area is 168 Å². The van der Waals surface area contributed by atoms with E-state index in [0.29, 0.717) is 24.6 Å². The molecule has 0 heterocycles. The second-order valence-electron chi connectivity index (χ2n) is 5.29. The number of carbonyl (C=O) groups is 1. The minimum atomic E-state index is -0.362. The van der Waals surface area contributed by atoms with Crippen LogP contribution in [0.5, 0.6) is 0 Å². The third-order valence-electron chi connectivity index (χ3n) is 3.36. The van der Waals surface area contributed by atoms with Crippen LogP contribution in [0.15, 0.2) is 53.5 Å². The van der Waals surface area contributed by atoms with Gasteiger partial charge in [-0.25, -0.2) is 8.78 Å². The highest BCUT2D eigenvalue weighted by molar-refractivity contribution is 14.0. The molecular weight excluding hydrogens is 453 g/mol. The van der Waals surface area contributed by atoms with E-state index in [1.807, 2.05) is 6.07 Å². The van der Waals surface area contributed by atoms with Crippen LogP contribution in [0.1, 0.15) is 5.56 Å². The summed E-state index contributed by atoms with van der Waals surface area (Å²) in [5.74, 6) is -0.443. The van der Waals surface area contributed by atoms with Crippen molar-refractivity contribution in [2.45, 2.75) is 6.42 Å². The van der Waals surface area contributed by atoms with Crippen molar-refractivity contribution in [2.24, 2.45) is 4.99 Å². The molecule has 0 aliphatic carbocycles. The summed E-state index contributed by atoms with van der Waals surface area (Å²) in [6.45, 7) is 0.555. The summed E-state index contributed by atoms with van der Waals surface area (Å²) in [6.07, 6.45) is 0.625. The predicted molar refractivity (Wildman–Crippen MR) is 110 cm³/mol. The molecule has 0 radical (unpaired) electrons. The SMILES string of the molecule is CN=C(NCCc1cccc(F)c1)NCC(=O)Nc1ccc(F)cc1.I. The van der Waals surface area contributed by atoms with E-state index in [0.717, 1.165) is 5.56 Å². The van der Waals surface area contributed by atoms with Gasteiger partial charge in [0.25, 0.3) is 0 Å². The summed E-state index contributed by atoms with van der Waals surface area (Å²) >= 11 is 0. The average molecular weight is 474 g/mol. The maximum atomic E-state index is 13.1. The minimum absolute atomic E-state index is 0. The highest BCUT2D eigenvalue weighted by Gasteiger charge is 2.04. The number of guanidine groups is 1. The predicted octanol–water partition coefficient (Wildman–Crippen LogP) is 2.93. The molecule has 0 saturated carbocycles. The van der Waals surface area contributed by atoms with Crippen LogP contribution in [0.3, 0.4) is 0 Å². The summed E-state index contributed by atoms with van der Waals surface area (Å²) in [4.78, 5) is 15.9. The molecule has 0 saturated heterocycles. The number of hydrogen-bond acceptors (Lipinski definition) is 2. The van der Waals surface area contributed by atoms with E-state index in [1.165, 1.54) is 36.4 Å². The van der Waals surface area contributed by atoms with Gasteiger partial charge in [0.15, 0.2) is 5.96 Å². The smallest absolute Gasteiger partial charge is 0.243 e. The molecule has 2 aromatic carbocycles. The number of nitrogens with one attached hydrogen (secondary N) is 3. The number of hydrogen-bond donors (Lipinski definition) is 3. The molecule has 1 amide bonds. The Hall–Kier alpha value is -2.23. The highest BCUT2D eigenvalue weighted by Crippen LogP contribution is 2.07. The highest BCUT2D eigenvalue weighted by atomic mass is 127. The number of carbonyl (C=O) groups excluding carboxylic acids is 1. The van der Waals surface area contributed by atoms with Crippen molar-refractivity contribution < 1.29 is 13.6 Å². The van der Waals surface area contributed by atoms with Crippen molar-refractivity contribution >= 4 is 41.5 Å². The number of anilines is 1. The maximum absolute atomic E-state index is 13.1. The van der Waals surface area contributed by atoms with Crippen molar-refractivity contribution in [1.82, 2.24) is 10.6 Å². The first-order valence-electron chi connectivity index (χ1n) is 7.81. The molecule has 2 rings (SSSR count). The third kappa shape index (κ3) is 7.77. The van der Waals surface area contributed by atoms with Gasteiger partial charge in [0.05, 0.1) is 6.54 Å². The summed E-state index contributed by atoms with van der Waals surface area (Å²) in [5, 5.41) is 8.57. The zero-order valence-corrected chi connectivity index (χ0v) is 16.6. The van der Waals surface area contributed by atoms with E-state index < -0.39 is 0 Å².